The number of hydrogen-bond donors (Lipinski definition) is 2. The van der Waals surface area contributed by atoms with Crippen molar-refractivity contribution >= 4 is 6.03 Å². The molecule has 0 radical (unpaired) electrons. The topological polar surface area (TPSA) is 58.4 Å². The van der Waals surface area contributed by atoms with Crippen LogP contribution in [0.2, 0.25) is 0 Å². The molecule has 0 aromatic heterocycles. The average molecular weight is 281 g/mol. The summed E-state index contributed by atoms with van der Waals surface area (Å²) in [4.78, 5) is 14.7. The van der Waals surface area contributed by atoms with Crippen LogP contribution in [0.4, 0.5) is 4.79 Å². The predicted molar refractivity (Wildman–Crippen MR) is 82.7 cm³/mol. The van der Waals surface area contributed by atoms with Gasteiger partial charge in [0.25, 0.3) is 0 Å². The fourth-order valence-corrected chi connectivity index (χ4v) is 3.61. The van der Waals surface area contributed by atoms with Gasteiger partial charge in [-0.3, -0.25) is 0 Å². The summed E-state index contributed by atoms with van der Waals surface area (Å²) in [6.07, 6.45) is 13.3. The van der Waals surface area contributed by atoms with E-state index in [1.165, 1.54) is 51.4 Å². The van der Waals surface area contributed by atoms with Crippen LogP contribution in [-0.4, -0.2) is 36.1 Å². The molecule has 20 heavy (non-hydrogen) atoms. The van der Waals surface area contributed by atoms with Gasteiger partial charge in [0.1, 0.15) is 0 Å². The highest BCUT2D eigenvalue weighted by Crippen LogP contribution is 2.24. The lowest BCUT2D eigenvalue weighted by Crippen LogP contribution is -2.50. The van der Waals surface area contributed by atoms with E-state index in [0.29, 0.717) is 18.6 Å². The van der Waals surface area contributed by atoms with E-state index >= 15 is 0 Å². The minimum atomic E-state index is 0.164. The monoisotopic (exact) mass is 281 g/mol. The Labute approximate surface area is 123 Å². The van der Waals surface area contributed by atoms with Gasteiger partial charge in [-0.05, 0) is 38.6 Å². The Hall–Kier alpha value is -0.770. The summed E-state index contributed by atoms with van der Waals surface area (Å²) in [5.41, 5.74) is 5.63. The summed E-state index contributed by atoms with van der Waals surface area (Å²) in [7, 11) is 0. The summed E-state index contributed by atoms with van der Waals surface area (Å²) in [6, 6.07) is 1.01. The highest BCUT2D eigenvalue weighted by molar-refractivity contribution is 5.75. The summed E-state index contributed by atoms with van der Waals surface area (Å²) >= 11 is 0. The van der Waals surface area contributed by atoms with Crippen LogP contribution < -0.4 is 11.1 Å². The van der Waals surface area contributed by atoms with Crippen LogP contribution >= 0.6 is 0 Å². The molecule has 116 valence electrons. The molecule has 2 rings (SSSR count). The van der Waals surface area contributed by atoms with E-state index in [2.05, 4.69) is 10.2 Å². The molecule has 0 aromatic rings. The highest BCUT2D eigenvalue weighted by Gasteiger charge is 2.26. The molecule has 0 aromatic carbocycles. The second-order valence-corrected chi connectivity index (χ2v) is 6.41. The third-order valence-corrected chi connectivity index (χ3v) is 4.81. The number of carbonyl (C=O) groups excluding carboxylic acids is 1. The number of carbonyl (C=O) groups is 1. The number of hydrogen-bond acceptors (Lipinski definition) is 2. The fraction of sp³-hybridized carbons (Fsp3) is 0.938. The Balaban J connectivity index is 1.87. The van der Waals surface area contributed by atoms with Crippen molar-refractivity contribution in [2.75, 3.05) is 13.1 Å². The van der Waals surface area contributed by atoms with Crippen molar-refractivity contribution in [3.63, 3.8) is 0 Å². The van der Waals surface area contributed by atoms with E-state index in [-0.39, 0.29) is 6.03 Å². The zero-order valence-corrected chi connectivity index (χ0v) is 12.8. The molecule has 0 saturated heterocycles. The summed E-state index contributed by atoms with van der Waals surface area (Å²) in [6.45, 7) is 1.49. The first-order chi connectivity index (χ1) is 9.81. The number of amides is 2. The maximum Gasteiger partial charge on any atom is 0.317 e. The van der Waals surface area contributed by atoms with E-state index in [1.54, 1.807) is 0 Å². The van der Waals surface area contributed by atoms with E-state index in [9.17, 15) is 4.79 Å². The van der Waals surface area contributed by atoms with Crippen LogP contribution in [0.15, 0.2) is 0 Å². The van der Waals surface area contributed by atoms with E-state index in [0.717, 1.165) is 25.8 Å². The van der Waals surface area contributed by atoms with Gasteiger partial charge < -0.3 is 16.0 Å². The van der Waals surface area contributed by atoms with Gasteiger partial charge >= 0.3 is 6.03 Å². The van der Waals surface area contributed by atoms with Gasteiger partial charge in [-0.15, -0.1) is 0 Å². The third-order valence-electron chi connectivity index (χ3n) is 4.81. The largest absolute Gasteiger partial charge is 0.335 e. The number of nitrogens with one attached hydrogen (secondary N) is 1. The van der Waals surface area contributed by atoms with Crippen molar-refractivity contribution in [1.29, 1.82) is 0 Å². The fourth-order valence-electron chi connectivity index (χ4n) is 3.61. The molecule has 0 heterocycles. The van der Waals surface area contributed by atoms with Crippen LogP contribution in [0.1, 0.15) is 70.6 Å². The lowest BCUT2D eigenvalue weighted by atomic mass is 9.93. The van der Waals surface area contributed by atoms with Gasteiger partial charge in [0.15, 0.2) is 0 Å². The van der Waals surface area contributed by atoms with Crippen molar-refractivity contribution in [3.05, 3.63) is 0 Å². The Kier molecular flexibility index (Phi) is 6.64. The van der Waals surface area contributed by atoms with Crippen molar-refractivity contribution in [2.24, 2.45) is 5.73 Å². The third kappa shape index (κ3) is 4.65. The molecular weight excluding hydrogens is 250 g/mol. The molecule has 0 atom stereocenters. The lowest BCUT2D eigenvalue weighted by molar-refractivity contribution is 0.149. The summed E-state index contributed by atoms with van der Waals surface area (Å²) in [5.74, 6) is 0. The zero-order valence-electron chi connectivity index (χ0n) is 12.8. The van der Waals surface area contributed by atoms with Crippen molar-refractivity contribution in [3.8, 4) is 0 Å². The molecule has 2 aliphatic carbocycles. The molecule has 0 bridgehead atoms. The molecular formula is C16H31N3O. The van der Waals surface area contributed by atoms with Crippen molar-refractivity contribution < 1.29 is 4.79 Å². The first-order valence-electron chi connectivity index (χ1n) is 8.58. The molecule has 2 saturated carbocycles. The first kappa shape index (κ1) is 15.6. The Morgan fingerprint density at radius 3 is 2.20 bits per heavy atom. The van der Waals surface area contributed by atoms with Gasteiger partial charge in [-0.1, -0.05) is 38.5 Å². The SMILES string of the molecule is NCCCN(C(=O)NC1CCCCC1)C1CCCCC1. The molecule has 0 spiro atoms. The van der Waals surface area contributed by atoms with E-state index in [4.69, 9.17) is 5.73 Å². The standard InChI is InChI=1S/C16H31N3O/c17-12-7-13-19(15-10-5-2-6-11-15)16(20)18-14-8-3-1-4-9-14/h14-15H,1-13,17H2,(H,18,20). The molecule has 4 heteroatoms. The van der Waals surface area contributed by atoms with E-state index < -0.39 is 0 Å². The number of nitrogens with two attached hydrogens (primary N) is 1. The second kappa shape index (κ2) is 8.50. The van der Waals surface area contributed by atoms with Crippen LogP contribution in [-0.2, 0) is 0 Å². The molecule has 2 fully saturated rings. The zero-order chi connectivity index (χ0) is 14.2. The van der Waals surface area contributed by atoms with Crippen LogP contribution in [0.3, 0.4) is 0 Å². The van der Waals surface area contributed by atoms with Crippen LogP contribution in [0.25, 0.3) is 0 Å². The molecule has 0 unspecified atom stereocenters. The average Bonchev–Trinajstić information content (AvgIpc) is 2.50. The Morgan fingerprint density at radius 2 is 1.60 bits per heavy atom. The van der Waals surface area contributed by atoms with Crippen LogP contribution in [0.5, 0.6) is 0 Å². The Bertz CT molecular complexity index is 283. The smallest absolute Gasteiger partial charge is 0.317 e. The number of rotatable bonds is 5. The Morgan fingerprint density at radius 1 is 1.00 bits per heavy atom. The van der Waals surface area contributed by atoms with Gasteiger partial charge in [0.2, 0.25) is 0 Å². The van der Waals surface area contributed by atoms with Gasteiger partial charge in [0.05, 0.1) is 0 Å². The second-order valence-electron chi connectivity index (χ2n) is 6.41. The first-order valence-corrected chi connectivity index (χ1v) is 8.58. The lowest BCUT2D eigenvalue weighted by Gasteiger charge is -2.36. The normalized spacial score (nSPS) is 21.6. The quantitative estimate of drug-likeness (QED) is 0.814. The molecule has 4 nitrogen and oxygen atoms in total. The van der Waals surface area contributed by atoms with Gasteiger partial charge in [-0.2, -0.15) is 0 Å². The summed E-state index contributed by atoms with van der Waals surface area (Å²) < 4.78 is 0. The predicted octanol–water partition coefficient (Wildman–Crippen LogP) is 3.01. The van der Waals surface area contributed by atoms with Crippen LogP contribution in [0, 0.1) is 0 Å². The summed E-state index contributed by atoms with van der Waals surface area (Å²) in [5, 5.41) is 3.27. The minimum absolute atomic E-state index is 0.164. The van der Waals surface area contributed by atoms with E-state index in [1.807, 2.05) is 0 Å². The maximum absolute atomic E-state index is 12.6. The molecule has 3 N–H and O–H groups in total. The van der Waals surface area contributed by atoms with Gasteiger partial charge in [0, 0.05) is 18.6 Å². The molecule has 2 aliphatic rings. The molecule has 2 amide bonds. The maximum atomic E-state index is 12.6. The highest BCUT2D eigenvalue weighted by atomic mass is 16.2. The minimum Gasteiger partial charge on any atom is -0.335 e. The molecule has 0 aliphatic heterocycles. The van der Waals surface area contributed by atoms with Gasteiger partial charge in [-0.25, -0.2) is 4.79 Å². The van der Waals surface area contributed by atoms with Crippen molar-refractivity contribution in [1.82, 2.24) is 10.2 Å². The number of nitrogens with zero attached hydrogens (tertiary/aromatic N) is 1. The van der Waals surface area contributed by atoms with Crippen molar-refractivity contribution in [2.45, 2.75) is 82.7 Å². The number of urea groups is 1.